The minimum Gasteiger partial charge on any atom is -0.371 e. The first-order chi connectivity index (χ1) is 15.4. The van der Waals surface area contributed by atoms with Crippen molar-refractivity contribution in [1.82, 2.24) is 15.1 Å². The molecular weight excluding hydrogens is 415 g/mol. The molecule has 3 atom stereocenters. The second-order valence-electron chi connectivity index (χ2n) is 9.28. The molecule has 5 rings (SSSR count). The summed E-state index contributed by atoms with van der Waals surface area (Å²) in [6.07, 6.45) is 2.08. The van der Waals surface area contributed by atoms with Crippen LogP contribution in [0.25, 0.3) is 0 Å². The number of hydrogen-bond donors (Lipinski definition) is 1. The van der Waals surface area contributed by atoms with Gasteiger partial charge in [0.1, 0.15) is 12.2 Å². The van der Waals surface area contributed by atoms with Crippen molar-refractivity contribution in [1.29, 1.82) is 0 Å². The monoisotopic (exact) mass is 442 g/mol. The molecule has 4 heterocycles. The summed E-state index contributed by atoms with van der Waals surface area (Å²) in [4.78, 5) is 54.9. The quantitative estimate of drug-likeness (QED) is 0.708. The van der Waals surface area contributed by atoms with Gasteiger partial charge in [0.15, 0.2) is 0 Å². The van der Waals surface area contributed by atoms with E-state index in [2.05, 4.69) is 15.1 Å². The number of carbonyl (C=O) groups is 4. The first kappa shape index (κ1) is 21.1. The fourth-order valence-corrected chi connectivity index (χ4v) is 5.40. The Hall–Kier alpha value is -2.81. The summed E-state index contributed by atoms with van der Waals surface area (Å²) in [5.41, 5.74) is 1.47. The van der Waals surface area contributed by atoms with E-state index < -0.39 is 29.9 Å². The number of benzene rings is 1. The van der Waals surface area contributed by atoms with Gasteiger partial charge in [-0.05, 0) is 56.3 Å². The van der Waals surface area contributed by atoms with Crippen LogP contribution in [0.1, 0.15) is 52.8 Å². The topological polar surface area (TPSA) is 90.0 Å². The molecule has 4 aliphatic rings. The maximum atomic E-state index is 13.7. The highest BCUT2D eigenvalue weighted by Gasteiger charge is 2.44. The third-order valence-corrected chi connectivity index (χ3v) is 7.04. The van der Waals surface area contributed by atoms with Crippen LogP contribution < -0.4 is 10.2 Å². The van der Waals surface area contributed by atoms with Crippen molar-refractivity contribution in [2.75, 3.05) is 37.6 Å². The molecule has 0 saturated carbocycles. The van der Waals surface area contributed by atoms with Gasteiger partial charge in [-0.2, -0.15) is 0 Å². The van der Waals surface area contributed by atoms with Gasteiger partial charge in [0, 0.05) is 38.3 Å². The van der Waals surface area contributed by atoms with Crippen LogP contribution in [0, 0.1) is 5.92 Å². The molecule has 0 radical (unpaired) electrons. The molecule has 0 aromatic heterocycles. The lowest BCUT2D eigenvalue weighted by molar-refractivity contribution is -0.136. The predicted octanol–water partition coefficient (Wildman–Crippen LogP) is 1.35. The average molecular weight is 442 g/mol. The summed E-state index contributed by atoms with van der Waals surface area (Å²) < 4.78 is 13.7. The Morgan fingerprint density at radius 1 is 0.969 bits per heavy atom. The molecule has 1 aromatic rings. The number of nitrogens with one attached hydrogen (secondary N) is 1. The minimum atomic E-state index is -0.955. The number of carbonyl (C=O) groups excluding carboxylic acids is 4. The van der Waals surface area contributed by atoms with E-state index in [1.54, 1.807) is 12.1 Å². The number of rotatable bonds is 4. The molecule has 1 N–H and O–H groups in total. The van der Waals surface area contributed by atoms with Gasteiger partial charge in [-0.25, -0.2) is 4.39 Å². The molecule has 4 aliphatic heterocycles. The maximum Gasteiger partial charge on any atom is 0.262 e. The molecule has 1 unspecified atom stereocenters. The Labute approximate surface area is 185 Å². The van der Waals surface area contributed by atoms with E-state index >= 15 is 0 Å². The van der Waals surface area contributed by atoms with Crippen molar-refractivity contribution >= 4 is 29.3 Å². The summed E-state index contributed by atoms with van der Waals surface area (Å²) >= 11 is 0. The third-order valence-electron chi connectivity index (χ3n) is 7.04. The van der Waals surface area contributed by atoms with Crippen LogP contribution >= 0.6 is 0 Å². The van der Waals surface area contributed by atoms with Crippen LogP contribution in [0.2, 0.25) is 0 Å². The van der Waals surface area contributed by atoms with Gasteiger partial charge in [0.2, 0.25) is 11.8 Å². The van der Waals surface area contributed by atoms with E-state index in [-0.39, 0.29) is 18.7 Å². The summed E-state index contributed by atoms with van der Waals surface area (Å²) in [6, 6.07) is 4.28. The minimum absolute atomic E-state index is 0.102. The van der Waals surface area contributed by atoms with E-state index in [1.807, 2.05) is 6.07 Å². The molecule has 0 aliphatic carbocycles. The van der Waals surface area contributed by atoms with Crippen molar-refractivity contribution < 1.29 is 23.6 Å². The van der Waals surface area contributed by atoms with Crippen LogP contribution in [0.3, 0.4) is 0 Å². The van der Waals surface area contributed by atoms with E-state index in [1.165, 1.54) is 0 Å². The van der Waals surface area contributed by atoms with E-state index in [9.17, 15) is 23.6 Å². The summed E-state index contributed by atoms with van der Waals surface area (Å²) in [5, 5.41) is 2.21. The predicted molar refractivity (Wildman–Crippen MR) is 114 cm³/mol. The van der Waals surface area contributed by atoms with Gasteiger partial charge in [-0.1, -0.05) is 0 Å². The van der Waals surface area contributed by atoms with E-state index in [0.717, 1.165) is 49.6 Å². The number of likely N-dealkylation sites (tertiary alicyclic amines) is 1. The Morgan fingerprint density at radius 2 is 1.78 bits per heavy atom. The Morgan fingerprint density at radius 3 is 2.56 bits per heavy atom. The van der Waals surface area contributed by atoms with Crippen molar-refractivity contribution in [3.63, 3.8) is 0 Å². The number of anilines is 1. The number of halogens is 1. The van der Waals surface area contributed by atoms with Crippen LogP contribution in [-0.2, 0) is 9.59 Å². The van der Waals surface area contributed by atoms with Gasteiger partial charge >= 0.3 is 0 Å². The zero-order valence-corrected chi connectivity index (χ0v) is 17.9. The lowest BCUT2D eigenvalue weighted by Crippen LogP contribution is -2.54. The van der Waals surface area contributed by atoms with Crippen molar-refractivity contribution in [3.05, 3.63) is 29.3 Å². The lowest BCUT2D eigenvalue weighted by atomic mass is 10.0. The molecule has 170 valence electrons. The second kappa shape index (κ2) is 8.27. The standard InChI is InChI=1S/C23H27FN4O4/c24-15-2-1-8-26(13-15)11-14-7-9-27(12-14)16-3-4-17-18(10-16)23(32)28(22(17)31)19-5-6-20(29)25-21(19)30/h3-4,10,14-15,19H,1-2,5-9,11-13H2,(H,25,29,30)/t14-,15+,19?/m1/s1. The zero-order valence-electron chi connectivity index (χ0n) is 17.9. The largest absolute Gasteiger partial charge is 0.371 e. The molecule has 9 heteroatoms. The first-order valence-electron chi connectivity index (χ1n) is 11.4. The van der Waals surface area contributed by atoms with Crippen LogP contribution in [0.4, 0.5) is 10.1 Å². The molecular formula is C23H27FN4O4. The lowest BCUT2D eigenvalue weighted by Gasteiger charge is -2.31. The van der Waals surface area contributed by atoms with Crippen molar-refractivity contribution in [2.24, 2.45) is 5.92 Å². The molecule has 32 heavy (non-hydrogen) atoms. The van der Waals surface area contributed by atoms with Gasteiger partial charge in [-0.15, -0.1) is 0 Å². The zero-order chi connectivity index (χ0) is 22.4. The van der Waals surface area contributed by atoms with Gasteiger partial charge < -0.3 is 9.80 Å². The summed E-state index contributed by atoms with van der Waals surface area (Å²) in [6.45, 7) is 4.01. The van der Waals surface area contributed by atoms with Crippen LogP contribution in [-0.4, -0.2) is 78.4 Å². The molecule has 0 spiro atoms. The fourth-order valence-electron chi connectivity index (χ4n) is 5.40. The average Bonchev–Trinajstić information content (AvgIpc) is 3.32. The molecule has 0 bridgehead atoms. The molecule has 8 nitrogen and oxygen atoms in total. The van der Waals surface area contributed by atoms with E-state index in [0.29, 0.717) is 30.0 Å². The van der Waals surface area contributed by atoms with Gasteiger partial charge in [0.05, 0.1) is 11.1 Å². The highest BCUT2D eigenvalue weighted by Crippen LogP contribution is 2.32. The number of alkyl halides is 1. The number of imide groups is 2. The summed E-state index contributed by atoms with van der Waals surface area (Å²) in [7, 11) is 0. The Bertz CT molecular complexity index is 983. The number of amides is 4. The number of nitrogens with zero attached hydrogens (tertiary/aromatic N) is 3. The normalized spacial score (nSPS) is 29.0. The van der Waals surface area contributed by atoms with Gasteiger partial charge in [0.25, 0.3) is 11.8 Å². The number of piperidine rings is 2. The van der Waals surface area contributed by atoms with Crippen molar-refractivity contribution in [3.8, 4) is 0 Å². The fraction of sp³-hybridized carbons (Fsp3) is 0.565. The van der Waals surface area contributed by atoms with Crippen LogP contribution in [0.5, 0.6) is 0 Å². The molecule has 1 aromatic carbocycles. The number of fused-ring (bicyclic) bond motifs is 1. The summed E-state index contributed by atoms with van der Waals surface area (Å²) in [5.74, 6) is -1.53. The second-order valence-corrected chi connectivity index (χ2v) is 9.28. The van der Waals surface area contributed by atoms with Crippen molar-refractivity contribution in [2.45, 2.75) is 44.3 Å². The molecule has 3 saturated heterocycles. The molecule has 3 fully saturated rings. The highest BCUT2D eigenvalue weighted by molar-refractivity contribution is 6.23. The van der Waals surface area contributed by atoms with E-state index in [4.69, 9.17) is 0 Å². The molecule has 4 amide bonds. The smallest absolute Gasteiger partial charge is 0.262 e. The maximum absolute atomic E-state index is 13.7. The Balaban J connectivity index is 1.28. The first-order valence-corrected chi connectivity index (χ1v) is 11.4. The Kier molecular flexibility index (Phi) is 5.44. The van der Waals surface area contributed by atoms with Crippen LogP contribution in [0.15, 0.2) is 18.2 Å². The highest BCUT2D eigenvalue weighted by atomic mass is 19.1. The third kappa shape index (κ3) is 3.79. The van der Waals surface area contributed by atoms with Gasteiger partial charge in [-0.3, -0.25) is 29.4 Å². The number of hydrogen-bond acceptors (Lipinski definition) is 6. The SMILES string of the molecule is O=C1CCC(N2C(=O)c3ccc(N4CC[C@H](CN5CCC[C@H](F)C5)C4)cc3C2=O)C(=O)N1.